The summed E-state index contributed by atoms with van der Waals surface area (Å²) in [6.07, 6.45) is 0. The molecule has 14 heavy (non-hydrogen) atoms. The lowest BCUT2D eigenvalue weighted by Crippen LogP contribution is -2.06. The highest BCUT2D eigenvalue weighted by Gasteiger charge is 2.15. The van der Waals surface area contributed by atoms with Crippen LogP contribution in [-0.4, -0.2) is 28.4 Å². The van der Waals surface area contributed by atoms with Crippen LogP contribution in [-0.2, 0) is 0 Å². The molecule has 0 aliphatic rings. The number of aromatic nitrogens is 2. The van der Waals surface area contributed by atoms with Crippen LogP contribution in [0.25, 0.3) is 0 Å². The fourth-order valence-electron chi connectivity index (χ4n) is 0.982. The summed E-state index contributed by atoms with van der Waals surface area (Å²) in [5.74, 6) is -0.868. The number of rotatable bonds is 3. The third kappa shape index (κ3) is 1.99. The van der Waals surface area contributed by atoms with Gasteiger partial charge in [-0.1, -0.05) is 13.8 Å². The van der Waals surface area contributed by atoms with E-state index in [1.165, 1.54) is 13.2 Å². The molecule has 0 spiro atoms. The number of carboxylic acid groups (broad SMARTS) is 1. The number of carboxylic acids is 1. The van der Waals surface area contributed by atoms with Crippen molar-refractivity contribution in [3.05, 3.63) is 17.3 Å². The normalized spacial score (nSPS) is 10.3. The third-order valence-corrected chi connectivity index (χ3v) is 1.79. The highest BCUT2D eigenvalue weighted by molar-refractivity contribution is 5.90. The molecule has 76 valence electrons. The number of methoxy groups -OCH3 is 1. The van der Waals surface area contributed by atoms with Crippen molar-refractivity contribution < 1.29 is 14.6 Å². The summed E-state index contributed by atoms with van der Waals surface area (Å²) in [6.45, 7) is 3.84. The first-order chi connectivity index (χ1) is 6.56. The fraction of sp³-hybridized carbons (Fsp3) is 0.444. The van der Waals surface area contributed by atoms with Crippen LogP contribution in [0.5, 0.6) is 5.88 Å². The minimum atomic E-state index is -1.06. The molecule has 1 rings (SSSR count). The lowest BCUT2D eigenvalue weighted by Gasteiger charge is -2.06. The molecule has 0 bridgehead atoms. The molecule has 1 heterocycles. The van der Waals surface area contributed by atoms with Gasteiger partial charge in [-0.3, -0.25) is 0 Å². The van der Waals surface area contributed by atoms with Gasteiger partial charge in [0.1, 0.15) is 5.56 Å². The highest BCUT2D eigenvalue weighted by atomic mass is 16.5. The Kier molecular flexibility index (Phi) is 3.01. The van der Waals surface area contributed by atoms with E-state index in [2.05, 4.69) is 10.2 Å². The van der Waals surface area contributed by atoms with Gasteiger partial charge in [-0.05, 0) is 12.0 Å². The standard InChI is InChI=1S/C9H12N2O3/c1-5(2)7-4-6(9(12)13)8(14-3)11-10-7/h4-5H,1-3H3,(H,12,13). The summed E-state index contributed by atoms with van der Waals surface area (Å²) in [5, 5.41) is 16.4. The zero-order valence-electron chi connectivity index (χ0n) is 8.31. The number of ether oxygens (including phenoxy) is 1. The van der Waals surface area contributed by atoms with E-state index in [9.17, 15) is 4.79 Å². The Hall–Kier alpha value is -1.65. The zero-order valence-corrected chi connectivity index (χ0v) is 8.31. The van der Waals surface area contributed by atoms with E-state index in [1.807, 2.05) is 13.8 Å². The second kappa shape index (κ2) is 4.04. The van der Waals surface area contributed by atoms with E-state index in [4.69, 9.17) is 9.84 Å². The van der Waals surface area contributed by atoms with Crippen molar-refractivity contribution in [1.82, 2.24) is 10.2 Å². The van der Waals surface area contributed by atoms with Crippen LogP contribution in [0.2, 0.25) is 0 Å². The smallest absolute Gasteiger partial charge is 0.341 e. The Morgan fingerprint density at radius 1 is 1.50 bits per heavy atom. The van der Waals surface area contributed by atoms with E-state index in [1.54, 1.807) is 0 Å². The first-order valence-electron chi connectivity index (χ1n) is 4.21. The molecule has 0 aromatic carbocycles. The van der Waals surface area contributed by atoms with Crippen LogP contribution in [0.4, 0.5) is 0 Å². The number of hydrogen-bond acceptors (Lipinski definition) is 4. The van der Waals surface area contributed by atoms with Crippen molar-refractivity contribution in [2.45, 2.75) is 19.8 Å². The van der Waals surface area contributed by atoms with Gasteiger partial charge in [0.2, 0.25) is 5.88 Å². The SMILES string of the molecule is COc1nnc(C(C)C)cc1C(=O)O. The highest BCUT2D eigenvalue weighted by Crippen LogP contribution is 2.18. The van der Waals surface area contributed by atoms with Crippen LogP contribution in [0.15, 0.2) is 6.07 Å². The first-order valence-corrected chi connectivity index (χ1v) is 4.21. The van der Waals surface area contributed by atoms with Crippen molar-refractivity contribution in [1.29, 1.82) is 0 Å². The molecule has 0 saturated carbocycles. The molecule has 5 heteroatoms. The Morgan fingerprint density at radius 3 is 2.57 bits per heavy atom. The molecular weight excluding hydrogens is 184 g/mol. The van der Waals surface area contributed by atoms with Gasteiger partial charge in [0, 0.05) is 0 Å². The topological polar surface area (TPSA) is 72.3 Å². The van der Waals surface area contributed by atoms with Gasteiger partial charge in [-0.2, -0.15) is 5.10 Å². The monoisotopic (exact) mass is 196 g/mol. The van der Waals surface area contributed by atoms with Gasteiger partial charge in [0.25, 0.3) is 0 Å². The van der Waals surface area contributed by atoms with Gasteiger partial charge in [-0.15, -0.1) is 5.10 Å². The third-order valence-electron chi connectivity index (χ3n) is 1.79. The van der Waals surface area contributed by atoms with Crippen LogP contribution >= 0.6 is 0 Å². The second-order valence-electron chi connectivity index (χ2n) is 3.15. The zero-order chi connectivity index (χ0) is 10.7. The molecule has 0 unspecified atom stereocenters. The number of carbonyl (C=O) groups is 1. The summed E-state index contributed by atoms with van der Waals surface area (Å²) in [5.41, 5.74) is 0.689. The predicted molar refractivity (Wildman–Crippen MR) is 49.6 cm³/mol. The summed E-state index contributed by atoms with van der Waals surface area (Å²) in [4.78, 5) is 10.8. The summed E-state index contributed by atoms with van der Waals surface area (Å²) >= 11 is 0. The molecule has 0 aliphatic carbocycles. The van der Waals surface area contributed by atoms with E-state index in [0.29, 0.717) is 5.69 Å². The van der Waals surface area contributed by atoms with Gasteiger partial charge in [0.05, 0.1) is 12.8 Å². The molecule has 1 aromatic rings. The number of hydrogen-bond donors (Lipinski definition) is 1. The van der Waals surface area contributed by atoms with Crippen LogP contribution < -0.4 is 4.74 Å². The molecule has 0 fully saturated rings. The van der Waals surface area contributed by atoms with Crippen molar-refractivity contribution >= 4 is 5.97 Å². The van der Waals surface area contributed by atoms with Crippen LogP contribution in [0.1, 0.15) is 35.8 Å². The summed E-state index contributed by atoms with van der Waals surface area (Å²) in [7, 11) is 1.37. The van der Waals surface area contributed by atoms with Crippen molar-refractivity contribution in [3.8, 4) is 5.88 Å². The van der Waals surface area contributed by atoms with E-state index < -0.39 is 5.97 Å². The maximum absolute atomic E-state index is 10.8. The largest absolute Gasteiger partial charge is 0.479 e. The van der Waals surface area contributed by atoms with Crippen LogP contribution in [0.3, 0.4) is 0 Å². The second-order valence-corrected chi connectivity index (χ2v) is 3.15. The van der Waals surface area contributed by atoms with Crippen LogP contribution in [0, 0.1) is 0 Å². The lowest BCUT2D eigenvalue weighted by atomic mass is 10.1. The molecular formula is C9H12N2O3. The van der Waals surface area contributed by atoms with Gasteiger partial charge in [-0.25, -0.2) is 4.79 Å². The van der Waals surface area contributed by atoms with Gasteiger partial charge < -0.3 is 9.84 Å². The molecule has 0 atom stereocenters. The molecule has 5 nitrogen and oxygen atoms in total. The lowest BCUT2D eigenvalue weighted by molar-refractivity contribution is 0.0692. The average Bonchev–Trinajstić information content (AvgIpc) is 2.16. The Bertz CT molecular complexity index is 350. The van der Waals surface area contributed by atoms with Crippen molar-refractivity contribution in [2.75, 3.05) is 7.11 Å². The molecule has 1 N–H and O–H groups in total. The van der Waals surface area contributed by atoms with Gasteiger partial charge in [0.15, 0.2) is 0 Å². The van der Waals surface area contributed by atoms with E-state index in [0.717, 1.165) is 0 Å². The molecule has 0 radical (unpaired) electrons. The molecule has 0 aliphatic heterocycles. The minimum absolute atomic E-state index is 0.0434. The number of aromatic carboxylic acids is 1. The van der Waals surface area contributed by atoms with Gasteiger partial charge >= 0.3 is 5.97 Å². The summed E-state index contributed by atoms with van der Waals surface area (Å²) in [6, 6.07) is 1.48. The molecule has 0 amide bonds. The maximum Gasteiger partial charge on any atom is 0.341 e. The minimum Gasteiger partial charge on any atom is -0.479 e. The Morgan fingerprint density at radius 2 is 2.14 bits per heavy atom. The van der Waals surface area contributed by atoms with Crippen molar-refractivity contribution in [3.63, 3.8) is 0 Å². The first kappa shape index (κ1) is 10.4. The molecule has 1 aromatic heterocycles. The average molecular weight is 196 g/mol. The Balaban J connectivity index is 3.21. The van der Waals surface area contributed by atoms with Crippen molar-refractivity contribution in [2.24, 2.45) is 0 Å². The maximum atomic E-state index is 10.8. The Labute approximate surface area is 81.7 Å². The molecule has 0 saturated heterocycles. The predicted octanol–water partition coefficient (Wildman–Crippen LogP) is 1.31. The fourth-order valence-corrected chi connectivity index (χ4v) is 0.982. The van der Waals surface area contributed by atoms with E-state index in [-0.39, 0.29) is 17.4 Å². The number of nitrogens with zero attached hydrogens (tertiary/aromatic N) is 2. The summed E-state index contributed by atoms with van der Waals surface area (Å²) < 4.78 is 4.79. The quantitative estimate of drug-likeness (QED) is 0.788. The van der Waals surface area contributed by atoms with E-state index >= 15 is 0 Å².